The minimum Gasteiger partial charge on any atom is -0.369 e. The molecular weight excluding hydrogens is 442 g/mol. The van der Waals surface area contributed by atoms with Gasteiger partial charge in [-0.15, -0.1) is 0 Å². The van der Waals surface area contributed by atoms with Crippen molar-refractivity contribution in [3.63, 3.8) is 0 Å². The number of aryl methyl sites for hydroxylation is 2. The molecule has 0 aliphatic carbocycles. The van der Waals surface area contributed by atoms with E-state index >= 15 is 0 Å². The van der Waals surface area contributed by atoms with E-state index in [1.807, 2.05) is 32.0 Å². The monoisotopic (exact) mass is 471 g/mol. The summed E-state index contributed by atoms with van der Waals surface area (Å²) in [6, 6.07) is 22.7. The van der Waals surface area contributed by atoms with Gasteiger partial charge in [0.1, 0.15) is 11.1 Å². The molecule has 0 bridgehead atoms. The molecule has 1 fully saturated rings. The van der Waals surface area contributed by atoms with E-state index in [1.165, 1.54) is 23.0 Å². The van der Waals surface area contributed by atoms with Crippen LogP contribution in [0, 0.1) is 25.2 Å². The number of nitriles is 1. The largest absolute Gasteiger partial charge is 0.369 e. The predicted molar refractivity (Wildman–Crippen MR) is 138 cm³/mol. The fourth-order valence-corrected chi connectivity index (χ4v) is 5.03. The fourth-order valence-electron chi connectivity index (χ4n) is 4.14. The van der Waals surface area contributed by atoms with Crippen molar-refractivity contribution in [2.45, 2.75) is 25.4 Å². The van der Waals surface area contributed by atoms with E-state index in [0.29, 0.717) is 10.6 Å². The number of hydrogen-bond acceptors (Lipinski definition) is 6. The molecule has 0 unspecified atom stereocenters. The Morgan fingerprint density at radius 2 is 1.76 bits per heavy atom. The Bertz CT molecular complexity index is 1170. The van der Waals surface area contributed by atoms with Gasteiger partial charge in [-0.05, 0) is 55.3 Å². The van der Waals surface area contributed by atoms with Crippen LogP contribution in [0.5, 0.6) is 0 Å². The third-order valence-electron chi connectivity index (χ3n) is 5.90. The Balaban J connectivity index is 1.26. The molecule has 1 N–H and O–H groups in total. The molecule has 7 heteroatoms. The Labute approximate surface area is 205 Å². The molecule has 1 aliphatic rings. The van der Waals surface area contributed by atoms with Crippen LogP contribution in [0.2, 0.25) is 0 Å². The Morgan fingerprint density at radius 1 is 1.06 bits per heavy atom. The lowest BCUT2D eigenvalue weighted by atomic mass is 10.1. The highest BCUT2D eigenvalue weighted by Crippen LogP contribution is 2.24. The lowest BCUT2D eigenvalue weighted by Crippen LogP contribution is -2.45. The van der Waals surface area contributed by atoms with E-state index < -0.39 is 0 Å². The zero-order chi connectivity index (χ0) is 23.9. The highest BCUT2D eigenvalue weighted by Gasteiger charge is 2.17. The van der Waals surface area contributed by atoms with Gasteiger partial charge >= 0.3 is 0 Å². The van der Waals surface area contributed by atoms with Crippen molar-refractivity contribution < 1.29 is 4.79 Å². The molecule has 4 rings (SSSR count). The summed E-state index contributed by atoms with van der Waals surface area (Å²) in [5.41, 5.74) is 5.56. The lowest BCUT2D eigenvalue weighted by molar-refractivity contribution is -0.113. The molecule has 1 aliphatic heterocycles. The van der Waals surface area contributed by atoms with Gasteiger partial charge in [0.2, 0.25) is 5.91 Å². The number of nitrogens with zero attached hydrogens (tertiary/aromatic N) is 4. The third kappa shape index (κ3) is 6.16. The summed E-state index contributed by atoms with van der Waals surface area (Å²) >= 11 is 1.30. The number of aromatic nitrogens is 1. The first-order chi connectivity index (χ1) is 16.5. The van der Waals surface area contributed by atoms with Crippen LogP contribution in [0.1, 0.15) is 22.4 Å². The zero-order valence-corrected chi connectivity index (χ0v) is 20.4. The van der Waals surface area contributed by atoms with Crippen molar-refractivity contribution in [3.8, 4) is 6.07 Å². The summed E-state index contributed by atoms with van der Waals surface area (Å²) in [5, 5.41) is 12.9. The summed E-state index contributed by atoms with van der Waals surface area (Å²) in [7, 11) is 0. The molecule has 34 heavy (non-hydrogen) atoms. The molecule has 1 aromatic heterocycles. The van der Waals surface area contributed by atoms with Gasteiger partial charge in [-0.1, -0.05) is 42.1 Å². The summed E-state index contributed by atoms with van der Waals surface area (Å²) in [4.78, 5) is 21.8. The molecule has 2 aromatic carbocycles. The SMILES string of the molecule is Cc1cc(C)c(C#N)c(SCC(=O)Nc2ccc(N3CCN(Cc4ccccc4)CC3)cc2)n1. The van der Waals surface area contributed by atoms with Crippen molar-refractivity contribution in [1.82, 2.24) is 9.88 Å². The van der Waals surface area contributed by atoms with E-state index in [4.69, 9.17) is 0 Å². The number of anilines is 2. The highest BCUT2D eigenvalue weighted by atomic mass is 32.2. The highest BCUT2D eigenvalue weighted by molar-refractivity contribution is 8.00. The van der Waals surface area contributed by atoms with Crippen molar-refractivity contribution >= 4 is 29.0 Å². The first-order valence-electron chi connectivity index (χ1n) is 11.4. The van der Waals surface area contributed by atoms with Crippen LogP contribution in [0.25, 0.3) is 0 Å². The van der Waals surface area contributed by atoms with Crippen molar-refractivity contribution in [2.75, 3.05) is 42.1 Å². The molecule has 2 heterocycles. The number of carbonyl (C=O) groups excluding carboxylic acids is 1. The maximum Gasteiger partial charge on any atom is 0.234 e. The number of rotatable bonds is 7. The minimum atomic E-state index is -0.114. The topological polar surface area (TPSA) is 72.3 Å². The fraction of sp³-hybridized carbons (Fsp3) is 0.296. The maximum atomic E-state index is 12.5. The quantitative estimate of drug-likeness (QED) is 0.507. The zero-order valence-electron chi connectivity index (χ0n) is 19.6. The van der Waals surface area contributed by atoms with Crippen molar-refractivity contribution in [2.24, 2.45) is 0 Å². The second kappa shape index (κ2) is 11.2. The second-order valence-corrected chi connectivity index (χ2v) is 9.47. The van der Waals surface area contributed by atoms with E-state index in [1.54, 1.807) is 0 Å². The van der Waals surface area contributed by atoms with Crippen molar-refractivity contribution in [1.29, 1.82) is 5.26 Å². The second-order valence-electron chi connectivity index (χ2n) is 8.51. The van der Waals surface area contributed by atoms with Crippen LogP contribution < -0.4 is 10.2 Å². The van der Waals surface area contributed by atoms with E-state index in [-0.39, 0.29) is 11.7 Å². The van der Waals surface area contributed by atoms with Crippen LogP contribution >= 0.6 is 11.8 Å². The van der Waals surface area contributed by atoms with E-state index in [0.717, 1.165) is 49.7 Å². The number of benzene rings is 2. The summed E-state index contributed by atoms with van der Waals surface area (Å²) in [6.45, 7) is 8.80. The number of amides is 1. The van der Waals surface area contributed by atoms with Crippen LogP contribution in [-0.2, 0) is 11.3 Å². The number of piperazine rings is 1. The maximum absolute atomic E-state index is 12.5. The van der Waals surface area contributed by atoms with E-state index in [9.17, 15) is 10.1 Å². The molecule has 6 nitrogen and oxygen atoms in total. The predicted octanol–water partition coefficient (Wildman–Crippen LogP) is 4.62. The summed E-state index contributed by atoms with van der Waals surface area (Å²) in [5.74, 6) is 0.0903. The molecule has 1 saturated heterocycles. The van der Waals surface area contributed by atoms with Crippen LogP contribution in [0.4, 0.5) is 11.4 Å². The number of thioether (sulfide) groups is 1. The molecule has 0 spiro atoms. The Hall–Kier alpha value is -3.34. The van der Waals surface area contributed by atoms with Crippen LogP contribution in [0.3, 0.4) is 0 Å². The standard InChI is InChI=1S/C27H29N5OS/c1-20-16-21(2)29-27(25(20)17-28)34-19-26(33)30-23-8-10-24(11-9-23)32-14-12-31(13-15-32)18-22-6-4-3-5-7-22/h3-11,16H,12-15,18-19H2,1-2H3,(H,30,33). The van der Waals surface area contributed by atoms with Crippen LogP contribution in [0.15, 0.2) is 65.7 Å². The van der Waals surface area contributed by atoms with Gasteiger partial charge in [0.15, 0.2) is 0 Å². The average molecular weight is 472 g/mol. The average Bonchev–Trinajstić information content (AvgIpc) is 2.84. The Kier molecular flexibility index (Phi) is 7.84. The first kappa shape index (κ1) is 23.8. The molecule has 3 aromatic rings. The summed E-state index contributed by atoms with van der Waals surface area (Å²) < 4.78 is 0. The minimum absolute atomic E-state index is 0.114. The number of nitrogens with one attached hydrogen (secondary N) is 1. The summed E-state index contributed by atoms with van der Waals surface area (Å²) in [6.07, 6.45) is 0. The molecule has 0 atom stereocenters. The van der Waals surface area contributed by atoms with Gasteiger partial charge in [0.05, 0.1) is 11.3 Å². The molecular formula is C27H29N5OS. The first-order valence-corrected chi connectivity index (χ1v) is 12.4. The van der Waals surface area contributed by atoms with Gasteiger partial charge in [-0.2, -0.15) is 5.26 Å². The number of hydrogen-bond donors (Lipinski definition) is 1. The molecule has 174 valence electrons. The van der Waals surface area contributed by atoms with Gasteiger partial charge in [-0.3, -0.25) is 9.69 Å². The van der Waals surface area contributed by atoms with Gasteiger partial charge in [0.25, 0.3) is 0 Å². The number of carbonyl (C=O) groups is 1. The van der Waals surface area contributed by atoms with E-state index in [2.05, 4.69) is 68.6 Å². The van der Waals surface area contributed by atoms with Crippen molar-refractivity contribution in [3.05, 3.63) is 83.0 Å². The number of pyridine rings is 1. The molecule has 1 amide bonds. The normalized spacial score (nSPS) is 14.0. The smallest absolute Gasteiger partial charge is 0.234 e. The molecule has 0 saturated carbocycles. The Morgan fingerprint density at radius 3 is 2.44 bits per heavy atom. The van der Waals surface area contributed by atoms with Gasteiger partial charge in [-0.25, -0.2) is 4.98 Å². The van der Waals surface area contributed by atoms with Gasteiger partial charge in [0, 0.05) is 49.8 Å². The lowest BCUT2D eigenvalue weighted by Gasteiger charge is -2.36. The van der Waals surface area contributed by atoms with Crippen LogP contribution in [-0.4, -0.2) is 47.7 Å². The third-order valence-corrected chi connectivity index (χ3v) is 6.88. The molecule has 0 radical (unpaired) electrons. The van der Waals surface area contributed by atoms with Gasteiger partial charge < -0.3 is 10.2 Å².